The van der Waals surface area contributed by atoms with Gasteiger partial charge in [0.2, 0.25) is 11.3 Å². The van der Waals surface area contributed by atoms with E-state index >= 15 is 0 Å². The van der Waals surface area contributed by atoms with Crippen LogP contribution < -0.4 is 10.7 Å². The quantitative estimate of drug-likeness (QED) is 0.750. The molecular weight excluding hydrogens is 188 g/mol. The first-order chi connectivity index (χ1) is 6.24. The van der Waals surface area contributed by atoms with Gasteiger partial charge in [-0.05, 0) is 6.26 Å². The van der Waals surface area contributed by atoms with Crippen LogP contribution in [0, 0.1) is 0 Å². The maximum atomic E-state index is 11.1. The summed E-state index contributed by atoms with van der Waals surface area (Å²) < 4.78 is 0. The average Bonchev–Trinajstić information content (AvgIpc) is 2.09. The second kappa shape index (κ2) is 4.71. The molecule has 1 heterocycles. The highest BCUT2D eigenvalue weighted by Crippen LogP contribution is 1.97. The molecule has 0 atom stereocenters. The van der Waals surface area contributed by atoms with Crippen LogP contribution in [0.25, 0.3) is 0 Å². The molecule has 0 unspecified atom stereocenters. The average molecular weight is 198 g/mol. The summed E-state index contributed by atoms with van der Waals surface area (Å²) in [6.45, 7) is 0. The third-order valence-corrected chi connectivity index (χ3v) is 1.92. The zero-order chi connectivity index (χ0) is 9.68. The Labute approximate surface area is 79.7 Å². The molecule has 1 aromatic rings. The van der Waals surface area contributed by atoms with Gasteiger partial charge in [-0.1, -0.05) is 0 Å². The normalized spacial score (nSPS) is 9.62. The number of aromatic nitrogens is 1. The standard InChI is InChI=1S/C8H10N2O2S/c1-13-5-8(12)10-6-4-9-3-2-7(6)11/h2-4H,5H2,1H3,(H,9,11)(H,10,12). The second-order valence-corrected chi connectivity index (χ2v) is 3.27. The van der Waals surface area contributed by atoms with Crippen molar-refractivity contribution in [3.63, 3.8) is 0 Å². The highest BCUT2D eigenvalue weighted by molar-refractivity contribution is 7.99. The Morgan fingerprint density at radius 3 is 3.08 bits per heavy atom. The van der Waals surface area contributed by atoms with Crippen LogP contribution in [0.3, 0.4) is 0 Å². The van der Waals surface area contributed by atoms with Crippen molar-refractivity contribution in [1.82, 2.24) is 4.98 Å². The zero-order valence-corrected chi connectivity index (χ0v) is 7.98. The Morgan fingerprint density at radius 1 is 1.69 bits per heavy atom. The lowest BCUT2D eigenvalue weighted by atomic mass is 10.4. The van der Waals surface area contributed by atoms with Crippen LogP contribution in [0.5, 0.6) is 0 Å². The van der Waals surface area contributed by atoms with Crippen molar-refractivity contribution in [3.8, 4) is 0 Å². The van der Waals surface area contributed by atoms with E-state index in [1.165, 1.54) is 30.2 Å². The summed E-state index contributed by atoms with van der Waals surface area (Å²) in [6.07, 6.45) is 4.82. The van der Waals surface area contributed by atoms with Gasteiger partial charge in [-0.3, -0.25) is 9.59 Å². The lowest BCUT2D eigenvalue weighted by molar-refractivity contribution is -0.113. The van der Waals surface area contributed by atoms with Crippen LogP contribution in [0.4, 0.5) is 5.69 Å². The first kappa shape index (κ1) is 9.85. The molecule has 0 fully saturated rings. The Bertz CT molecular complexity index is 348. The van der Waals surface area contributed by atoms with E-state index in [2.05, 4.69) is 10.3 Å². The largest absolute Gasteiger partial charge is 0.366 e. The van der Waals surface area contributed by atoms with Gasteiger partial charge in [0.25, 0.3) is 0 Å². The number of pyridine rings is 1. The predicted octanol–water partition coefficient (Wildman–Crippen LogP) is 0.676. The number of anilines is 1. The summed E-state index contributed by atoms with van der Waals surface area (Å²) in [6, 6.07) is 1.37. The highest BCUT2D eigenvalue weighted by Gasteiger charge is 2.02. The zero-order valence-electron chi connectivity index (χ0n) is 7.16. The fraction of sp³-hybridized carbons (Fsp3) is 0.250. The minimum atomic E-state index is -0.187. The molecule has 5 heteroatoms. The number of rotatable bonds is 3. The second-order valence-electron chi connectivity index (χ2n) is 2.40. The number of amides is 1. The van der Waals surface area contributed by atoms with Crippen molar-refractivity contribution in [2.45, 2.75) is 0 Å². The van der Waals surface area contributed by atoms with E-state index in [0.717, 1.165) is 0 Å². The van der Waals surface area contributed by atoms with E-state index in [1.807, 2.05) is 6.26 Å². The molecule has 0 saturated heterocycles. The SMILES string of the molecule is CSCC(=O)Nc1c[nH]ccc1=O. The lowest BCUT2D eigenvalue weighted by Crippen LogP contribution is -2.19. The Balaban J connectivity index is 2.69. The number of nitrogens with one attached hydrogen (secondary N) is 2. The van der Waals surface area contributed by atoms with E-state index in [-0.39, 0.29) is 11.3 Å². The van der Waals surface area contributed by atoms with Crippen LogP contribution in [-0.2, 0) is 4.79 Å². The van der Waals surface area contributed by atoms with Gasteiger partial charge in [0, 0.05) is 18.5 Å². The molecule has 4 nitrogen and oxygen atoms in total. The number of carbonyl (C=O) groups excluding carboxylic acids is 1. The van der Waals surface area contributed by atoms with Gasteiger partial charge >= 0.3 is 0 Å². The summed E-state index contributed by atoms with van der Waals surface area (Å²) in [4.78, 5) is 24.9. The van der Waals surface area contributed by atoms with Crippen LogP contribution in [-0.4, -0.2) is 22.9 Å². The van der Waals surface area contributed by atoms with Crippen LogP contribution in [0.15, 0.2) is 23.3 Å². The molecule has 13 heavy (non-hydrogen) atoms. The Kier molecular flexibility index (Phi) is 3.57. The van der Waals surface area contributed by atoms with Gasteiger partial charge in [0.15, 0.2) is 0 Å². The van der Waals surface area contributed by atoms with Crippen molar-refractivity contribution in [2.75, 3.05) is 17.3 Å². The van der Waals surface area contributed by atoms with Crippen molar-refractivity contribution in [3.05, 3.63) is 28.7 Å². The molecule has 0 aliphatic heterocycles. The topological polar surface area (TPSA) is 62.0 Å². The van der Waals surface area contributed by atoms with Gasteiger partial charge in [-0.15, -0.1) is 0 Å². The number of carbonyl (C=O) groups is 1. The highest BCUT2D eigenvalue weighted by atomic mass is 32.2. The van der Waals surface area contributed by atoms with Gasteiger partial charge in [0.05, 0.1) is 5.75 Å². The molecule has 0 aromatic carbocycles. The molecule has 0 aliphatic carbocycles. The third kappa shape index (κ3) is 2.95. The van der Waals surface area contributed by atoms with E-state index in [9.17, 15) is 9.59 Å². The van der Waals surface area contributed by atoms with Gasteiger partial charge in [-0.25, -0.2) is 0 Å². The summed E-state index contributed by atoms with van der Waals surface area (Å²) in [7, 11) is 0. The fourth-order valence-electron chi connectivity index (χ4n) is 0.831. The van der Waals surface area contributed by atoms with Gasteiger partial charge in [0.1, 0.15) is 5.69 Å². The number of hydrogen-bond donors (Lipinski definition) is 2. The number of hydrogen-bond acceptors (Lipinski definition) is 3. The minimum absolute atomic E-state index is 0.163. The van der Waals surface area contributed by atoms with Crippen molar-refractivity contribution in [2.24, 2.45) is 0 Å². The Morgan fingerprint density at radius 2 is 2.46 bits per heavy atom. The van der Waals surface area contributed by atoms with E-state index in [0.29, 0.717) is 11.4 Å². The molecule has 1 aromatic heterocycles. The number of aromatic amines is 1. The molecule has 0 bridgehead atoms. The van der Waals surface area contributed by atoms with E-state index in [4.69, 9.17) is 0 Å². The fourth-order valence-corrected chi connectivity index (χ4v) is 1.17. The molecule has 0 aliphatic rings. The smallest absolute Gasteiger partial charge is 0.234 e. The van der Waals surface area contributed by atoms with Crippen LogP contribution >= 0.6 is 11.8 Å². The maximum absolute atomic E-state index is 11.1. The molecule has 2 N–H and O–H groups in total. The predicted molar refractivity (Wildman–Crippen MR) is 54.1 cm³/mol. The van der Waals surface area contributed by atoms with E-state index in [1.54, 1.807) is 0 Å². The van der Waals surface area contributed by atoms with Crippen LogP contribution in [0.1, 0.15) is 0 Å². The minimum Gasteiger partial charge on any atom is -0.366 e. The molecule has 70 valence electrons. The van der Waals surface area contributed by atoms with Gasteiger partial charge < -0.3 is 10.3 Å². The number of thioether (sulfide) groups is 1. The first-order valence-electron chi connectivity index (χ1n) is 3.70. The third-order valence-electron chi connectivity index (χ3n) is 1.37. The van der Waals surface area contributed by atoms with Gasteiger partial charge in [-0.2, -0.15) is 11.8 Å². The summed E-state index contributed by atoms with van der Waals surface area (Å²) >= 11 is 1.41. The monoisotopic (exact) mass is 198 g/mol. The van der Waals surface area contributed by atoms with Crippen molar-refractivity contribution < 1.29 is 4.79 Å². The maximum Gasteiger partial charge on any atom is 0.234 e. The van der Waals surface area contributed by atoms with Crippen molar-refractivity contribution in [1.29, 1.82) is 0 Å². The summed E-state index contributed by atoms with van der Waals surface area (Å²) in [5, 5.41) is 2.51. The van der Waals surface area contributed by atoms with Crippen molar-refractivity contribution >= 4 is 23.4 Å². The first-order valence-corrected chi connectivity index (χ1v) is 5.09. The van der Waals surface area contributed by atoms with Crippen LogP contribution in [0.2, 0.25) is 0 Å². The van der Waals surface area contributed by atoms with E-state index < -0.39 is 0 Å². The summed E-state index contributed by atoms with van der Waals surface area (Å²) in [5.74, 6) is 0.193. The molecule has 0 spiro atoms. The Hall–Kier alpha value is -1.23. The number of H-pyrrole nitrogens is 1. The molecule has 1 amide bonds. The molecule has 0 radical (unpaired) electrons. The lowest BCUT2D eigenvalue weighted by Gasteiger charge is -2.01. The summed E-state index contributed by atoms with van der Waals surface area (Å²) in [5.41, 5.74) is 0.106. The molecular formula is C8H10N2O2S. The molecule has 1 rings (SSSR count). The molecule has 0 saturated carbocycles.